The molecule has 0 aliphatic carbocycles. The van der Waals surface area contributed by atoms with Gasteiger partial charge < -0.3 is 14.4 Å². The Kier molecular flexibility index (Phi) is 6.08. The standard InChI is InChI=1S/C20H23N3O5/c1-27-16-5-3-14(4-6-16)17-11-18(24)23(13-21-17)12-19(25)22-9-7-15(8-10-22)20(26)28-2/h3-6,11,13,15H,7-10,12H2,1-2H3. The molecule has 1 saturated heterocycles. The Morgan fingerprint density at radius 3 is 2.39 bits per heavy atom. The van der Waals surface area contributed by atoms with Crippen molar-refractivity contribution >= 4 is 11.9 Å². The van der Waals surface area contributed by atoms with Crippen molar-refractivity contribution in [1.29, 1.82) is 0 Å². The van der Waals surface area contributed by atoms with Gasteiger partial charge in [0.15, 0.2) is 0 Å². The molecule has 1 amide bonds. The number of benzene rings is 1. The van der Waals surface area contributed by atoms with Gasteiger partial charge >= 0.3 is 5.97 Å². The molecule has 1 fully saturated rings. The Hall–Kier alpha value is -3.16. The second-order valence-corrected chi connectivity index (χ2v) is 6.65. The molecular formula is C20H23N3O5. The second-order valence-electron chi connectivity index (χ2n) is 6.65. The fourth-order valence-corrected chi connectivity index (χ4v) is 3.24. The van der Waals surface area contributed by atoms with Crippen LogP contribution in [0.2, 0.25) is 0 Å². The predicted molar refractivity (Wildman–Crippen MR) is 102 cm³/mol. The summed E-state index contributed by atoms with van der Waals surface area (Å²) in [4.78, 5) is 42.4. The number of likely N-dealkylation sites (tertiary alicyclic amines) is 1. The van der Waals surface area contributed by atoms with E-state index in [4.69, 9.17) is 9.47 Å². The van der Waals surface area contributed by atoms with Crippen LogP contribution >= 0.6 is 0 Å². The fourth-order valence-electron chi connectivity index (χ4n) is 3.24. The molecule has 8 heteroatoms. The predicted octanol–water partition coefficient (Wildman–Crippen LogP) is 1.33. The minimum absolute atomic E-state index is 0.0718. The number of nitrogens with zero attached hydrogens (tertiary/aromatic N) is 3. The lowest BCUT2D eigenvalue weighted by atomic mass is 9.97. The first kappa shape index (κ1) is 19.6. The maximum atomic E-state index is 12.5. The van der Waals surface area contributed by atoms with Crippen LogP contribution in [0.5, 0.6) is 5.75 Å². The van der Waals surface area contributed by atoms with E-state index in [1.54, 1.807) is 24.1 Å². The minimum Gasteiger partial charge on any atom is -0.497 e. The maximum Gasteiger partial charge on any atom is 0.308 e. The lowest BCUT2D eigenvalue weighted by Gasteiger charge is -2.30. The van der Waals surface area contributed by atoms with Crippen LogP contribution in [0, 0.1) is 5.92 Å². The number of ether oxygens (including phenoxy) is 2. The third kappa shape index (κ3) is 4.39. The van der Waals surface area contributed by atoms with Crippen molar-refractivity contribution in [2.75, 3.05) is 27.3 Å². The normalized spacial score (nSPS) is 14.6. The summed E-state index contributed by atoms with van der Waals surface area (Å²) < 4.78 is 11.2. The van der Waals surface area contributed by atoms with Gasteiger partial charge in [-0.3, -0.25) is 19.0 Å². The number of carbonyl (C=O) groups is 2. The Labute approximate surface area is 162 Å². The van der Waals surface area contributed by atoms with Crippen LogP contribution in [0.3, 0.4) is 0 Å². The van der Waals surface area contributed by atoms with Gasteiger partial charge in [-0.2, -0.15) is 0 Å². The van der Waals surface area contributed by atoms with Crippen LogP contribution < -0.4 is 10.3 Å². The maximum absolute atomic E-state index is 12.5. The second kappa shape index (κ2) is 8.69. The van der Waals surface area contributed by atoms with Crippen molar-refractivity contribution < 1.29 is 19.1 Å². The highest BCUT2D eigenvalue weighted by atomic mass is 16.5. The lowest BCUT2D eigenvalue weighted by Crippen LogP contribution is -2.43. The first-order chi connectivity index (χ1) is 13.5. The van der Waals surface area contributed by atoms with Gasteiger partial charge in [-0.25, -0.2) is 4.98 Å². The van der Waals surface area contributed by atoms with E-state index < -0.39 is 0 Å². The third-order valence-electron chi connectivity index (χ3n) is 4.95. The number of rotatable bonds is 5. The average Bonchev–Trinajstić information content (AvgIpc) is 2.74. The number of amides is 1. The number of hydrogen-bond acceptors (Lipinski definition) is 6. The quantitative estimate of drug-likeness (QED) is 0.722. The summed E-state index contributed by atoms with van der Waals surface area (Å²) in [5.41, 5.74) is 1.04. The molecule has 0 spiro atoms. The average molecular weight is 385 g/mol. The van der Waals surface area contributed by atoms with Gasteiger partial charge in [0.25, 0.3) is 5.56 Å². The van der Waals surface area contributed by atoms with Crippen LogP contribution in [-0.2, 0) is 20.9 Å². The summed E-state index contributed by atoms with van der Waals surface area (Å²) in [6.07, 6.45) is 2.53. The molecule has 2 heterocycles. The number of esters is 1. The van der Waals surface area contributed by atoms with Crippen molar-refractivity contribution in [1.82, 2.24) is 14.5 Å². The van der Waals surface area contributed by atoms with Crippen LogP contribution in [0.15, 0.2) is 41.5 Å². The van der Waals surface area contributed by atoms with Crippen LogP contribution in [-0.4, -0.2) is 53.6 Å². The van der Waals surface area contributed by atoms with E-state index in [9.17, 15) is 14.4 Å². The SMILES string of the molecule is COC(=O)C1CCN(C(=O)Cn2cnc(-c3ccc(OC)cc3)cc2=O)CC1. The first-order valence-corrected chi connectivity index (χ1v) is 9.08. The Balaban J connectivity index is 1.64. The molecule has 1 aromatic carbocycles. The molecule has 1 aliphatic heterocycles. The van der Waals surface area contributed by atoms with E-state index >= 15 is 0 Å². The molecule has 1 aliphatic rings. The number of piperidine rings is 1. The molecule has 0 atom stereocenters. The molecular weight excluding hydrogens is 362 g/mol. The molecule has 0 unspecified atom stereocenters. The number of methoxy groups -OCH3 is 2. The summed E-state index contributed by atoms with van der Waals surface area (Å²) >= 11 is 0. The first-order valence-electron chi connectivity index (χ1n) is 9.08. The Morgan fingerprint density at radius 2 is 1.82 bits per heavy atom. The zero-order valence-corrected chi connectivity index (χ0v) is 16.0. The lowest BCUT2D eigenvalue weighted by molar-refractivity contribution is -0.149. The van der Waals surface area contributed by atoms with Gasteiger partial charge in [0.05, 0.1) is 32.2 Å². The summed E-state index contributed by atoms with van der Waals surface area (Å²) in [6.45, 7) is 0.882. The Morgan fingerprint density at radius 1 is 1.14 bits per heavy atom. The summed E-state index contributed by atoms with van der Waals surface area (Å²) in [7, 11) is 2.96. The van der Waals surface area contributed by atoms with Gasteiger partial charge in [-0.15, -0.1) is 0 Å². The van der Waals surface area contributed by atoms with Crippen molar-refractivity contribution in [3.05, 3.63) is 47.0 Å². The Bertz CT molecular complexity index is 899. The number of aromatic nitrogens is 2. The van der Waals surface area contributed by atoms with E-state index in [0.29, 0.717) is 31.6 Å². The molecule has 0 saturated carbocycles. The molecule has 1 aromatic heterocycles. The molecule has 28 heavy (non-hydrogen) atoms. The van der Waals surface area contributed by atoms with Gasteiger partial charge in [-0.1, -0.05) is 0 Å². The van der Waals surface area contributed by atoms with E-state index in [2.05, 4.69) is 4.98 Å². The van der Waals surface area contributed by atoms with Crippen molar-refractivity contribution in [3.63, 3.8) is 0 Å². The van der Waals surface area contributed by atoms with Crippen molar-refractivity contribution in [2.45, 2.75) is 19.4 Å². The van der Waals surface area contributed by atoms with Crippen LogP contribution in [0.1, 0.15) is 12.8 Å². The zero-order valence-electron chi connectivity index (χ0n) is 16.0. The summed E-state index contributed by atoms with van der Waals surface area (Å²) in [5.74, 6) is 0.159. The molecule has 0 bridgehead atoms. The van der Waals surface area contributed by atoms with Gasteiger partial charge in [-0.05, 0) is 37.1 Å². The molecule has 0 radical (unpaired) electrons. The van der Waals surface area contributed by atoms with Gasteiger partial charge in [0.1, 0.15) is 12.3 Å². The highest BCUT2D eigenvalue weighted by Crippen LogP contribution is 2.20. The fraction of sp³-hybridized carbons (Fsp3) is 0.400. The minimum atomic E-state index is -0.293. The monoisotopic (exact) mass is 385 g/mol. The highest BCUT2D eigenvalue weighted by Gasteiger charge is 2.27. The van der Waals surface area contributed by atoms with E-state index in [1.807, 2.05) is 12.1 Å². The zero-order chi connectivity index (χ0) is 20.1. The highest BCUT2D eigenvalue weighted by molar-refractivity contribution is 5.77. The van der Waals surface area contributed by atoms with E-state index in [0.717, 1.165) is 11.3 Å². The number of carbonyl (C=O) groups excluding carboxylic acids is 2. The van der Waals surface area contributed by atoms with Crippen molar-refractivity contribution in [2.24, 2.45) is 5.92 Å². The summed E-state index contributed by atoms with van der Waals surface area (Å²) in [5, 5.41) is 0. The molecule has 8 nitrogen and oxygen atoms in total. The van der Waals surface area contributed by atoms with Crippen LogP contribution in [0.4, 0.5) is 0 Å². The van der Waals surface area contributed by atoms with Crippen LogP contribution in [0.25, 0.3) is 11.3 Å². The van der Waals surface area contributed by atoms with E-state index in [1.165, 1.54) is 24.1 Å². The summed E-state index contributed by atoms with van der Waals surface area (Å²) in [6, 6.07) is 8.65. The molecule has 0 N–H and O–H groups in total. The molecule has 2 aromatic rings. The smallest absolute Gasteiger partial charge is 0.308 e. The van der Waals surface area contributed by atoms with E-state index in [-0.39, 0.29) is 29.9 Å². The molecule has 148 valence electrons. The third-order valence-corrected chi connectivity index (χ3v) is 4.95. The molecule has 3 rings (SSSR count). The van der Waals surface area contributed by atoms with Gasteiger partial charge in [0.2, 0.25) is 5.91 Å². The number of hydrogen-bond donors (Lipinski definition) is 0. The topological polar surface area (TPSA) is 90.7 Å². The van der Waals surface area contributed by atoms with Gasteiger partial charge in [0, 0.05) is 24.7 Å². The van der Waals surface area contributed by atoms with Crippen molar-refractivity contribution in [3.8, 4) is 17.0 Å². The largest absolute Gasteiger partial charge is 0.497 e.